The molecule has 3 N–H and O–H groups in total. The molecule has 2 heterocycles. The van der Waals surface area contributed by atoms with Gasteiger partial charge in [0.2, 0.25) is 0 Å². The van der Waals surface area contributed by atoms with Gasteiger partial charge in [0.25, 0.3) is 0 Å². The van der Waals surface area contributed by atoms with Gasteiger partial charge < -0.3 is 25.4 Å². The summed E-state index contributed by atoms with van der Waals surface area (Å²) in [7, 11) is 0. The fraction of sp³-hybridized carbons (Fsp3) is 0.690. The molecule has 39 heavy (non-hydrogen) atoms. The first kappa shape index (κ1) is 29.0. The van der Waals surface area contributed by atoms with Gasteiger partial charge in [-0.05, 0) is 82.8 Å². The number of carbonyl (C=O) groups is 3. The smallest absolute Gasteiger partial charge is 0.411 e. The Balaban J connectivity index is 1.20. The van der Waals surface area contributed by atoms with Gasteiger partial charge in [0, 0.05) is 38.8 Å². The summed E-state index contributed by atoms with van der Waals surface area (Å²) in [4.78, 5) is 42.8. The molecule has 0 spiro atoms. The molecule has 216 valence electrons. The number of nitrogens with two attached hydrogens (primary N) is 1. The van der Waals surface area contributed by atoms with Crippen LogP contribution in [0.4, 0.5) is 14.4 Å². The van der Waals surface area contributed by atoms with Crippen LogP contribution in [0.1, 0.15) is 82.8 Å². The van der Waals surface area contributed by atoms with E-state index >= 15 is 0 Å². The number of hydrogen-bond donors (Lipinski definition) is 2. The molecule has 1 aliphatic carbocycles. The number of likely N-dealkylation sites (tertiary alicyclic amines) is 1. The predicted octanol–water partition coefficient (Wildman–Crippen LogP) is 4.38. The molecular weight excluding hydrogens is 498 g/mol. The summed E-state index contributed by atoms with van der Waals surface area (Å²) in [6.07, 6.45) is 6.03. The monoisotopic (exact) mass is 543 g/mol. The van der Waals surface area contributed by atoms with E-state index in [9.17, 15) is 14.4 Å². The van der Waals surface area contributed by atoms with Crippen LogP contribution in [0.3, 0.4) is 0 Å². The number of nitrogens with one attached hydrogen (secondary N) is 1. The number of rotatable bonds is 5. The lowest BCUT2D eigenvalue weighted by Gasteiger charge is -2.46. The Labute approximate surface area is 232 Å². The summed E-state index contributed by atoms with van der Waals surface area (Å²) < 4.78 is 10.5. The third kappa shape index (κ3) is 8.24. The van der Waals surface area contributed by atoms with Crippen LogP contribution < -0.4 is 11.1 Å². The first-order valence-corrected chi connectivity index (χ1v) is 14.4. The van der Waals surface area contributed by atoms with E-state index in [1.807, 2.05) is 42.7 Å². The molecule has 2 aliphatic heterocycles. The topological polar surface area (TPSA) is 117 Å². The molecule has 1 aromatic carbocycles. The number of benzene rings is 1. The fourth-order valence-electron chi connectivity index (χ4n) is 5.93. The molecule has 10 heteroatoms. The summed E-state index contributed by atoms with van der Waals surface area (Å²) >= 11 is 0. The van der Waals surface area contributed by atoms with Crippen molar-refractivity contribution >= 4 is 18.2 Å². The average Bonchev–Trinajstić information content (AvgIpc) is 2.92. The minimum atomic E-state index is -0.768. The molecule has 3 aliphatic rings. The SMILES string of the molecule is CC(C)(C)OC(=O)N1CCCCC1N1CCN(C(=O)NC2CCC(c3ccc(COC(N)=O)cc3)CC2)CC1. The first-order chi connectivity index (χ1) is 18.6. The zero-order valence-electron chi connectivity index (χ0n) is 23.7. The molecule has 0 aromatic heterocycles. The van der Waals surface area contributed by atoms with Gasteiger partial charge in [0.1, 0.15) is 12.2 Å². The van der Waals surface area contributed by atoms with Crippen LogP contribution >= 0.6 is 0 Å². The summed E-state index contributed by atoms with van der Waals surface area (Å²) in [6, 6.07) is 8.36. The van der Waals surface area contributed by atoms with Gasteiger partial charge in [-0.15, -0.1) is 0 Å². The lowest BCUT2D eigenvalue weighted by molar-refractivity contribution is -0.0338. The molecule has 0 radical (unpaired) electrons. The first-order valence-electron chi connectivity index (χ1n) is 14.4. The number of hydrogen-bond acceptors (Lipinski definition) is 6. The van der Waals surface area contributed by atoms with E-state index in [1.54, 1.807) is 0 Å². The highest BCUT2D eigenvalue weighted by Crippen LogP contribution is 2.33. The van der Waals surface area contributed by atoms with Crippen molar-refractivity contribution in [1.82, 2.24) is 20.0 Å². The number of nitrogens with zero attached hydrogens (tertiary/aromatic N) is 3. The molecule has 1 unspecified atom stereocenters. The Morgan fingerprint density at radius 3 is 2.21 bits per heavy atom. The number of primary amides is 1. The zero-order chi connectivity index (χ0) is 28.0. The molecule has 4 amide bonds. The minimum absolute atomic E-state index is 0.0181. The molecular formula is C29H45N5O5. The van der Waals surface area contributed by atoms with Crippen molar-refractivity contribution in [2.45, 2.75) is 96.1 Å². The lowest BCUT2D eigenvalue weighted by atomic mass is 9.81. The van der Waals surface area contributed by atoms with Crippen LogP contribution in [0.25, 0.3) is 0 Å². The molecule has 0 bridgehead atoms. The van der Waals surface area contributed by atoms with Gasteiger partial charge in [0.05, 0.1) is 6.17 Å². The second kappa shape index (κ2) is 12.9. The molecule has 1 saturated carbocycles. The van der Waals surface area contributed by atoms with E-state index in [4.69, 9.17) is 15.2 Å². The van der Waals surface area contributed by atoms with Crippen molar-refractivity contribution < 1.29 is 23.9 Å². The Morgan fingerprint density at radius 2 is 1.59 bits per heavy atom. The van der Waals surface area contributed by atoms with Crippen LogP contribution in [0, 0.1) is 0 Å². The van der Waals surface area contributed by atoms with E-state index in [2.05, 4.69) is 22.3 Å². The highest BCUT2D eigenvalue weighted by molar-refractivity contribution is 5.74. The molecule has 1 aromatic rings. The van der Waals surface area contributed by atoms with Crippen molar-refractivity contribution in [2.75, 3.05) is 32.7 Å². The number of ether oxygens (including phenoxy) is 2. The maximum atomic E-state index is 13.0. The number of carbonyl (C=O) groups excluding carboxylic acids is 3. The van der Waals surface area contributed by atoms with E-state index in [0.717, 1.165) is 70.1 Å². The number of amides is 4. The summed E-state index contributed by atoms with van der Waals surface area (Å²) in [6.45, 7) is 9.43. The van der Waals surface area contributed by atoms with Crippen molar-refractivity contribution in [3.05, 3.63) is 35.4 Å². The van der Waals surface area contributed by atoms with E-state index < -0.39 is 11.7 Å². The minimum Gasteiger partial charge on any atom is -0.445 e. The summed E-state index contributed by atoms with van der Waals surface area (Å²) in [5.74, 6) is 0.469. The second-order valence-corrected chi connectivity index (χ2v) is 12.0. The maximum Gasteiger partial charge on any atom is 0.411 e. The zero-order valence-corrected chi connectivity index (χ0v) is 23.7. The molecule has 2 saturated heterocycles. The third-order valence-corrected chi connectivity index (χ3v) is 8.01. The quantitative estimate of drug-likeness (QED) is 0.569. The highest BCUT2D eigenvalue weighted by atomic mass is 16.6. The molecule has 10 nitrogen and oxygen atoms in total. The van der Waals surface area contributed by atoms with Crippen molar-refractivity contribution in [3.8, 4) is 0 Å². The summed E-state index contributed by atoms with van der Waals surface area (Å²) in [5.41, 5.74) is 6.72. The largest absolute Gasteiger partial charge is 0.445 e. The van der Waals surface area contributed by atoms with Crippen LogP contribution in [-0.2, 0) is 16.1 Å². The van der Waals surface area contributed by atoms with E-state index in [-0.39, 0.29) is 30.9 Å². The Bertz CT molecular complexity index is 979. The van der Waals surface area contributed by atoms with Crippen molar-refractivity contribution in [1.29, 1.82) is 0 Å². The van der Waals surface area contributed by atoms with Crippen LogP contribution in [0.2, 0.25) is 0 Å². The van der Waals surface area contributed by atoms with Gasteiger partial charge in [0.15, 0.2) is 0 Å². The van der Waals surface area contributed by atoms with Crippen molar-refractivity contribution in [2.24, 2.45) is 5.73 Å². The van der Waals surface area contributed by atoms with Gasteiger partial charge in [-0.25, -0.2) is 14.4 Å². The number of piperazine rings is 1. The van der Waals surface area contributed by atoms with Gasteiger partial charge >= 0.3 is 18.2 Å². The summed E-state index contributed by atoms with van der Waals surface area (Å²) in [5, 5.41) is 3.27. The highest BCUT2D eigenvalue weighted by Gasteiger charge is 2.36. The second-order valence-electron chi connectivity index (χ2n) is 12.0. The predicted molar refractivity (Wildman–Crippen MR) is 148 cm³/mol. The van der Waals surface area contributed by atoms with Crippen LogP contribution in [-0.4, -0.2) is 83.4 Å². The average molecular weight is 544 g/mol. The third-order valence-electron chi connectivity index (χ3n) is 8.01. The Morgan fingerprint density at radius 1 is 0.923 bits per heavy atom. The molecule has 3 fully saturated rings. The number of urea groups is 1. The standard InChI is InChI=1S/C29H45N5O5/c1-29(2,3)39-28(37)34-15-5-4-6-25(34)32-16-18-33(19-17-32)27(36)31-24-13-11-23(12-14-24)22-9-7-21(8-10-22)20-38-26(30)35/h7-10,23-25H,4-6,11-20H2,1-3H3,(H2,30,35)(H,31,36). The fourth-order valence-corrected chi connectivity index (χ4v) is 5.93. The van der Waals surface area contributed by atoms with Gasteiger partial charge in [-0.3, -0.25) is 9.80 Å². The normalized spacial score (nSPS) is 24.6. The Hall–Kier alpha value is -3.01. The maximum absolute atomic E-state index is 13.0. The molecule has 1 atom stereocenters. The van der Waals surface area contributed by atoms with Crippen LogP contribution in [0.5, 0.6) is 0 Å². The number of piperidine rings is 1. The van der Waals surface area contributed by atoms with Gasteiger partial charge in [-0.1, -0.05) is 24.3 Å². The van der Waals surface area contributed by atoms with E-state index in [1.165, 1.54) is 5.56 Å². The van der Waals surface area contributed by atoms with Crippen molar-refractivity contribution in [3.63, 3.8) is 0 Å². The van der Waals surface area contributed by atoms with Gasteiger partial charge in [-0.2, -0.15) is 0 Å². The Kier molecular flexibility index (Phi) is 9.58. The van der Waals surface area contributed by atoms with E-state index in [0.29, 0.717) is 19.0 Å². The molecule has 4 rings (SSSR count). The lowest BCUT2D eigenvalue weighted by Crippen LogP contribution is -2.60. The van der Waals surface area contributed by atoms with Crippen LogP contribution in [0.15, 0.2) is 24.3 Å².